The van der Waals surface area contributed by atoms with Gasteiger partial charge >= 0.3 is 0 Å². The molecule has 0 bridgehead atoms. The molecule has 10 heavy (non-hydrogen) atoms. The summed E-state index contributed by atoms with van der Waals surface area (Å²) >= 11 is 0. The second kappa shape index (κ2) is 2.27. The van der Waals surface area contributed by atoms with Crippen LogP contribution >= 0.6 is 0 Å². The van der Waals surface area contributed by atoms with E-state index in [0.29, 0.717) is 6.04 Å². The van der Waals surface area contributed by atoms with Crippen molar-refractivity contribution in [2.75, 3.05) is 13.2 Å². The summed E-state index contributed by atoms with van der Waals surface area (Å²) < 4.78 is 5.49. The minimum Gasteiger partial charge on any atom is -0.496 e. The summed E-state index contributed by atoms with van der Waals surface area (Å²) in [5, 5.41) is 3.37. The van der Waals surface area contributed by atoms with Gasteiger partial charge < -0.3 is 10.1 Å². The largest absolute Gasteiger partial charge is 0.496 e. The average molecular weight is 139 g/mol. The van der Waals surface area contributed by atoms with E-state index >= 15 is 0 Å². The van der Waals surface area contributed by atoms with Gasteiger partial charge in [-0.1, -0.05) is 0 Å². The molecular formula is C8H13NO. The van der Waals surface area contributed by atoms with Crippen molar-refractivity contribution in [1.82, 2.24) is 5.32 Å². The van der Waals surface area contributed by atoms with Crippen molar-refractivity contribution in [1.29, 1.82) is 0 Å². The highest BCUT2D eigenvalue weighted by Gasteiger charge is 2.24. The van der Waals surface area contributed by atoms with Gasteiger partial charge in [-0.15, -0.1) is 0 Å². The van der Waals surface area contributed by atoms with Crippen LogP contribution in [0.3, 0.4) is 0 Å². The summed E-state index contributed by atoms with van der Waals surface area (Å²) in [6.45, 7) is 4.21. The molecule has 56 valence electrons. The van der Waals surface area contributed by atoms with Crippen LogP contribution in [-0.4, -0.2) is 19.2 Å². The number of ether oxygens (including phenoxy) is 1. The Kier molecular flexibility index (Phi) is 1.42. The van der Waals surface area contributed by atoms with Gasteiger partial charge in [0, 0.05) is 6.42 Å². The predicted molar refractivity (Wildman–Crippen MR) is 39.7 cm³/mol. The molecule has 1 atom stereocenters. The molecule has 0 radical (unpaired) electrons. The maximum absolute atomic E-state index is 5.49. The average Bonchev–Trinajstić information content (AvgIpc) is 2.36. The number of nitrogens with one attached hydrogen (secondary N) is 1. The van der Waals surface area contributed by atoms with E-state index in [2.05, 4.69) is 12.2 Å². The van der Waals surface area contributed by atoms with Crippen molar-refractivity contribution < 1.29 is 4.74 Å². The Morgan fingerprint density at radius 1 is 1.50 bits per heavy atom. The Hall–Kier alpha value is -0.500. The van der Waals surface area contributed by atoms with Crippen LogP contribution in [0.15, 0.2) is 11.3 Å². The van der Waals surface area contributed by atoms with Gasteiger partial charge in [0.1, 0.15) is 5.76 Å². The molecule has 1 N–H and O–H groups in total. The van der Waals surface area contributed by atoms with E-state index in [0.717, 1.165) is 13.2 Å². The van der Waals surface area contributed by atoms with Crippen LogP contribution in [0, 0.1) is 0 Å². The normalized spacial score (nSPS) is 31.9. The fourth-order valence-electron chi connectivity index (χ4n) is 1.72. The smallest absolute Gasteiger partial charge is 0.112 e. The maximum atomic E-state index is 5.49. The van der Waals surface area contributed by atoms with Crippen LogP contribution < -0.4 is 5.32 Å². The first kappa shape index (κ1) is 6.23. The molecule has 0 aromatic rings. The third-order valence-corrected chi connectivity index (χ3v) is 2.28. The second-order valence-electron chi connectivity index (χ2n) is 2.99. The molecule has 0 spiro atoms. The first-order valence-electron chi connectivity index (χ1n) is 3.96. The van der Waals surface area contributed by atoms with Gasteiger partial charge in [0.2, 0.25) is 0 Å². The molecule has 2 aliphatic rings. The molecule has 1 unspecified atom stereocenters. The zero-order valence-electron chi connectivity index (χ0n) is 6.31. The Labute approximate surface area is 61.3 Å². The van der Waals surface area contributed by atoms with Crippen molar-refractivity contribution in [2.24, 2.45) is 0 Å². The monoisotopic (exact) mass is 139 g/mol. The van der Waals surface area contributed by atoms with Gasteiger partial charge in [0.15, 0.2) is 0 Å². The third-order valence-electron chi connectivity index (χ3n) is 2.28. The van der Waals surface area contributed by atoms with Crippen molar-refractivity contribution in [3.8, 4) is 0 Å². The van der Waals surface area contributed by atoms with Gasteiger partial charge in [-0.05, 0) is 25.5 Å². The lowest BCUT2D eigenvalue weighted by Gasteiger charge is -2.21. The molecule has 0 aliphatic carbocycles. The molecule has 2 heterocycles. The molecule has 0 amide bonds. The Morgan fingerprint density at radius 2 is 2.40 bits per heavy atom. The van der Waals surface area contributed by atoms with Gasteiger partial charge in [0.25, 0.3) is 0 Å². The molecule has 0 saturated carbocycles. The molecule has 0 aromatic carbocycles. The fraction of sp³-hybridized carbons (Fsp3) is 0.750. The third kappa shape index (κ3) is 0.833. The van der Waals surface area contributed by atoms with Crippen LogP contribution in [0.1, 0.15) is 19.8 Å². The summed E-state index contributed by atoms with van der Waals surface area (Å²) in [7, 11) is 0. The quantitative estimate of drug-likeness (QED) is 0.541. The summed E-state index contributed by atoms with van der Waals surface area (Å²) in [5.41, 5.74) is 1.55. The SMILES string of the molecule is CC1NCCC2=C1OCC2. The maximum Gasteiger partial charge on any atom is 0.112 e. The summed E-state index contributed by atoms with van der Waals surface area (Å²) in [6, 6.07) is 0.464. The van der Waals surface area contributed by atoms with Crippen LogP contribution in [-0.2, 0) is 4.74 Å². The first-order chi connectivity index (χ1) is 4.88. The first-order valence-corrected chi connectivity index (χ1v) is 3.96. The molecule has 2 rings (SSSR count). The Bertz CT molecular complexity index is 174. The highest BCUT2D eigenvalue weighted by Crippen LogP contribution is 2.26. The van der Waals surface area contributed by atoms with Crippen LogP contribution in [0.5, 0.6) is 0 Å². The molecule has 0 fully saturated rings. The van der Waals surface area contributed by atoms with Crippen LogP contribution in [0.2, 0.25) is 0 Å². The van der Waals surface area contributed by atoms with Crippen molar-refractivity contribution in [3.63, 3.8) is 0 Å². The lowest BCUT2D eigenvalue weighted by molar-refractivity contribution is 0.217. The van der Waals surface area contributed by atoms with Gasteiger partial charge in [-0.2, -0.15) is 0 Å². The lowest BCUT2D eigenvalue weighted by Crippen LogP contribution is -2.33. The van der Waals surface area contributed by atoms with E-state index in [1.165, 1.54) is 18.6 Å². The zero-order chi connectivity index (χ0) is 6.97. The van der Waals surface area contributed by atoms with Crippen molar-refractivity contribution in [3.05, 3.63) is 11.3 Å². The molecule has 2 nitrogen and oxygen atoms in total. The molecule has 0 saturated heterocycles. The zero-order valence-corrected chi connectivity index (χ0v) is 6.31. The van der Waals surface area contributed by atoms with E-state index in [4.69, 9.17) is 4.74 Å². The molecular weight excluding hydrogens is 126 g/mol. The van der Waals surface area contributed by atoms with Gasteiger partial charge in [-0.25, -0.2) is 0 Å². The van der Waals surface area contributed by atoms with E-state index in [-0.39, 0.29) is 0 Å². The highest BCUT2D eigenvalue weighted by molar-refractivity contribution is 5.20. The summed E-state index contributed by atoms with van der Waals surface area (Å²) in [4.78, 5) is 0. The van der Waals surface area contributed by atoms with Crippen LogP contribution in [0.4, 0.5) is 0 Å². The fourth-order valence-corrected chi connectivity index (χ4v) is 1.72. The summed E-state index contributed by atoms with van der Waals surface area (Å²) in [6.07, 6.45) is 2.36. The number of rotatable bonds is 0. The molecule has 0 aromatic heterocycles. The van der Waals surface area contributed by atoms with Crippen molar-refractivity contribution >= 4 is 0 Å². The van der Waals surface area contributed by atoms with E-state index in [9.17, 15) is 0 Å². The Balaban J connectivity index is 2.22. The minimum atomic E-state index is 0.464. The standard InChI is InChI=1S/C8H13NO/c1-6-8-7(2-4-9-6)3-5-10-8/h6,9H,2-5H2,1H3. The Morgan fingerprint density at radius 3 is 3.20 bits per heavy atom. The van der Waals surface area contributed by atoms with Crippen molar-refractivity contribution in [2.45, 2.75) is 25.8 Å². The van der Waals surface area contributed by atoms with E-state index < -0.39 is 0 Å². The van der Waals surface area contributed by atoms with E-state index in [1.807, 2.05) is 0 Å². The van der Waals surface area contributed by atoms with E-state index in [1.54, 1.807) is 5.57 Å². The minimum absolute atomic E-state index is 0.464. The van der Waals surface area contributed by atoms with Crippen LogP contribution in [0.25, 0.3) is 0 Å². The lowest BCUT2D eigenvalue weighted by atomic mass is 10.0. The number of hydrogen-bond donors (Lipinski definition) is 1. The summed E-state index contributed by atoms with van der Waals surface area (Å²) in [5.74, 6) is 1.23. The predicted octanol–water partition coefficient (Wildman–Crippen LogP) is 1.04. The molecule has 2 heteroatoms. The van der Waals surface area contributed by atoms with Gasteiger partial charge in [-0.3, -0.25) is 0 Å². The molecule has 2 aliphatic heterocycles. The van der Waals surface area contributed by atoms with Gasteiger partial charge in [0.05, 0.1) is 12.6 Å². The second-order valence-corrected chi connectivity index (χ2v) is 2.99. The topological polar surface area (TPSA) is 21.3 Å². The number of hydrogen-bond acceptors (Lipinski definition) is 2. The highest BCUT2D eigenvalue weighted by atomic mass is 16.5.